The zero-order valence-corrected chi connectivity index (χ0v) is 12.2. The van der Waals surface area contributed by atoms with Gasteiger partial charge in [-0.2, -0.15) is 0 Å². The monoisotopic (exact) mass is 318 g/mol. The van der Waals surface area contributed by atoms with E-state index in [2.05, 4.69) is 15.9 Å². The largest absolute Gasteiger partial charge is 0.456 e. The smallest absolute Gasteiger partial charge is 0.303 e. The van der Waals surface area contributed by atoms with Gasteiger partial charge in [0.05, 0.1) is 4.83 Å². The highest BCUT2D eigenvalue weighted by molar-refractivity contribution is 9.09. The summed E-state index contributed by atoms with van der Waals surface area (Å²) in [7, 11) is 0. The molecule has 2 rings (SSSR count). The zero-order chi connectivity index (χ0) is 13.7. The molecule has 0 bridgehead atoms. The second-order valence-corrected chi connectivity index (χ2v) is 5.24. The minimum absolute atomic E-state index is 0.0694. The summed E-state index contributed by atoms with van der Waals surface area (Å²) in [4.78, 5) is 11.3. The fraction of sp³-hybridized carbons (Fsp3) is 0.188. The third kappa shape index (κ3) is 3.67. The molecule has 0 radical (unpaired) electrons. The molecule has 3 heteroatoms. The predicted octanol–water partition coefficient (Wildman–Crippen LogP) is 4.43. The van der Waals surface area contributed by atoms with Crippen LogP contribution < -0.4 is 0 Å². The van der Waals surface area contributed by atoms with E-state index in [1.807, 2.05) is 60.7 Å². The van der Waals surface area contributed by atoms with E-state index in [4.69, 9.17) is 4.74 Å². The Balaban J connectivity index is 2.30. The molecular formula is C16H15BrO2. The number of benzene rings is 2. The van der Waals surface area contributed by atoms with Gasteiger partial charge in [-0.05, 0) is 11.1 Å². The lowest BCUT2D eigenvalue weighted by molar-refractivity contribution is -0.146. The van der Waals surface area contributed by atoms with Crippen LogP contribution in [0.5, 0.6) is 0 Å². The maximum Gasteiger partial charge on any atom is 0.303 e. The van der Waals surface area contributed by atoms with Crippen molar-refractivity contribution >= 4 is 21.9 Å². The third-order valence-corrected chi connectivity index (χ3v) is 3.81. The summed E-state index contributed by atoms with van der Waals surface area (Å²) >= 11 is 3.64. The molecule has 0 heterocycles. The van der Waals surface area contributed by atoms with E-state index in [0.29, 0.717) is 0 Å². The Labute approximate surface area is 121 Å². The van der Waals surface area contributed by atoms with Gasteiger partial charge in [-0.25, -0.2) is 0 Å². The van der Waals surface area contributed by atoms with Gasteiger partial charge in [-0.1, -0.05) is 76.6 Å². The first-order valence-electron chi connectivity index (χ1n) is 6.09. The van der Waals surface area contributed by atoms with Crippen LogP contribution in [0.1, 0.15) is 29.0 Å². The van der Waals surface area contributed by atoms with Gasteiger partial charge in [0.25, 0.3) is 0 Å². The van der Waals surface area contributed by atoms with Gasteiger partial charge >= 0.3 is 5.97 Å². The number of halogens is 1. The molecule has 2 atom stereocenters. The minimum Gasteiger partial charge on any atom is -0.456 e. The van der Waals surface area contributed by atoms with Crippen molar-refractivity contribution in [3.8, 4) is 0 Å². The van der Waals surface area contributed by atoms with Crippen LogP contribution in [0, 0.1) is 0 Å². The van der Waals surface area contributed by atoms with Crippen molar-refractivity contribution in [1.29, 1.82) is 0 Å². The average Bonchev–Trinajstić information content (AvgIpc) is 2.46. The summed E-state index contributed by atoms with van der Waals surface area (Å²) < 4.78 is 5.47. The standard InChI is InChI=1S/C16H15BrO2/c1-12(18)19-16(14-10-6-3-7-11-14)15(17)13-8-4-2-5-9-13/h2-11,15-16H,1H3/t15-,16-/m1/s1. The molecule has 2 aromatic rings. The second-order valence-electron chi connectivity index (χ2n) is 4.25. The quantitative estimate of drug-likeness (QED) is 0.616. The van der Waals surface area contributed by atoms with Crippen molar-refractivity contribution in [2.24, 2.45) is 0 Å². The van der Waals surface area contributed by atoms with Crippen LogP contribution in [-0.2, 0) is 9.53 Å². The lowest BCUT2D eigenvalue weighted by Crippen LogP contribution is -2.13. The Morgan fingerprint density at radius 2 is 1.42 bits per heavy atom. The summed E-state index contributed by atoms with van der Waals surface area (Å²) in [6.45, 7) is 1.43. The lowest BCUT2D eigenvalue weighted by atomic mass is 10.0. The van der Waals surface area contributed by atoms with Crippen LogP contribution in [0.25, 0.3) is 0 Å². The Kier molecular flexibility index (Phi) is 4.74. The SMILES string of the molecule is CC(=O)O[C@H](c1ccccc1)[C@H](Br)c1ccccc1. The first-order chi connectivity index (χ1) is 9.18. The Hall–Kier alpha value is -1.61. The van der Waals surface area contributed by atoms with Gasteiger partial charge in [-0.3, -0.25) is 4.79 Å². The van der Waals surface area contributed by atoms with Crippen molar-refractivity contribution in [3.63, 3.8) is 0 Å². The van der Waals surface area contributed by atoms with Gasteiger partial charge in [0.15, 0.2) is 0 Å². The number of alkyl halides is 1. The summed E-state index contributed by atoms with van der Waals surface area (Å²) in [5.41, 5.74) is 2.06. The van der Waals surface area contributed by atoms with E-state index in [0.717, 1.165) is 11.1 Å². The van der Waals surface area contributed by atoms with E-state index in [1.54, 1.807) is 0 Å². The normalized spacial score (nSPS) is 13.6. The topological polar surface area (TPSA) is 26.3 Å². The molecule has 0 aliphatic carbocycles. The summed E-state index contributed by atoms with van der Waals surface area (Å²) in [6, 6.07) is 19.7. The van der Waals surface area contributed by atoms with Crippen LogP contribution in [0.3, 0.4) is 0 Å². The Morgan fingerprint density at radius 3 is 1.89 bits per heavy atom. The van der Waals surface area contributed by atoms with E-state index in [1.165, 1.54) is 6.92 Å². The van der Waals surface area contributed by atoms with E-state index in [9.17, 15) is 4.79 Å². The van der Waals surface area contributed by atoms with Crippen molar-refractivity contribution in [1.82, 2.24) is 0 Å². The van der Waals surface area contributed by atoms with E-state index < -0.39 is 0 Å². The molecule has 0 fully saturated rings. The molecule has 0 spiro atoms. The molecule has 2 aromatic carbocycles. The highest BCUT2D eigenvalue weighted by Crippen LogP contribution is 2.38. The molecule has 0 aromatic heterocycles. The second kappa shape index (κ2) is 6.53. The summed E-state index contributed by atoms with van der Waals surface area (Å²) in [6.07, 6.45) is -0.332. The summed E-state index contributed by atoms with van der Waals surface area (Å²) in [5, 5.41) is 0. The highest BCUT2D eigenvalue weighted by atomic mass is 79.9. The molecule has 2 nitrogen and oxygen atoms in total. The van der Waals surface area contributed by atoms with Crippen LogP contribution in [0.2, 0.25) is 0 Å². The summed E-state index contributed by atoms with van der Waals surface area (Å²) in [5.74, 6) is -0.283. The molecule has 98 valence electrons. The number of rotatable bonds is 4. The van der Waals surface area contributed by atoms with Gasteiger partial charge < -0.3 is 4.74 Å². The molecule has 0 N–H and O–H groups in total. The van der Waals surface area contributed by atoms with Crippen molar-refractivity contribution < 1.29 is 9.53 Å². The number of carbonyl (C=O) groups is 1. The number of esters is 1. The third-order valence-electron chi connectivity index (χ3n) is 2.80. The zero-order valence-electron chi connectivity index (χ0n) is 10.6. The molecule has 0 saturated heterocycles. The van der Waals surface area contributed by atoms with Crippen LogP contribution in [0.4, 0.5) is 0 Å². The molecule has 0 amide bonds. The molecule has 19 heavy (non-hydrogen) atoms. The molecular weight excluding hydrogens is 304 g/mol. The van der Waals surface area contributed by atoms with Crippen LogP contribution >= 0.6 is 15.9 Å². The van der Waals surface area contributed by atoms with Crippen molar-refractivity contribution in [2.45, 2.75) is 17.9 Å². The maximum absolute atomic E-state index is 11.3. The maximum atomic E-state index is 11.3. The van der Waals surface area contributed by atoms with Crippen LogP contribution in [-0.4, -0.2) is 5.97 Å². The van der Waals surface area contributed by atoms with Crippen molar-refractivity contribution in [3.05, 3.63) is 71.8 Å². The number of carbonyl (C=O) groups excluding carboxylic acids is 1. The Bertz CT molecular complexity index is 525. The van der Waals surface area contributed by atoms with Gasteiger partial charge in [0, 0.05) is 6.92 Å². The van der Waals surface area contributed by atoms with Gasteiger partial charge in [-0.15, -0.1) is 0 Å². The molecule has 0 unspecified atom stereocenters. The number of hydrogen-bond acceptors (Lipinski definition) is 2. The Morgan fingerprint density at radius 1 is 0.947 bits per heavy atom. The highest BCUT2D eigenvalue weighted by Gasteiger charge is 2.24. The first kappa shape index (κ1) is 13.8. The van der Waals surface area contributed by atoms with Crippen LogP contribution in [0.15, 0.2) is 60.7 Å². The van der Waals surface area contributed by atoms with E-state index in [-0.39, 0.29) is 16.9 Å². The minimum atomic E-state index is -0.332. The van der Waals surface area contributed by atoms with Gasteiger partial charge in [0.1, 0.15) is 6.10 Å². The molecule has 0 aliphatic rings. The predicted molar refractivity (Wildman–Crippen MR) is 79.1 cm³/mol. The first-order valence-corrected chi connectivity index (χ1v) is 7.01. The van der Waals surface area contributed by atoms with E-state index >= 15 is 0 Å². The van der Waals surface area contributed by atoms with Gasteiger partial charge in [0.2, 0.25) is 0 Å². The molecule has 0 aliphatic heterocycles. The average molecular weight is 319 g/mol. The lowest BCUT2D eigenvalue weighted by Gasteiger charge is -2.23. The van der Waals surface area contributed by atoms with Crippen molar-refractivity contribution in [2.75, 3.05) is 0 Å². The molecule has 0 saturated carbocycles. The fourth-order valence-electron chi connectivity index (χ4n) is 1.93. The number of hydrogen-bond donors (Lipinski definition) is 0. The number of ether oxygens (including phenoxy) is 1. The fourth-order valence-corrected chi connectivity index (χ4v) is 2.65.